The van der Waals surface area contributed by atoms with Crippen molar-refractivity contribution in [1.29, 1.82) is 0 Å². The number of nitrogens with one attached hydrogen (secondary N) is 1. The lowest BCUT2D eigenvalue weighted by molar-refractivity contribution is -0.130. The number of rotatable bonds is 6. The molecule has 2 aliphatic heterocycles. The Bertz CT molecular complexity index is 846. The Morgan fingerprint density at radius 3 is 2.04 bits per heavy atom. The molecule has 7 heteroatoms. The summed E-state index contributed by atoms with van der Waals surface area (Å²) < 4.78 is 4.91. The number of amides is 4. The van der Waals surface area contributed by atoms with Crippen molar-refractivity contribution in [3.05, 3.63) is 71.8 Å². The first-order valence-corrected chi connectivity index (χ1v) is 9.30. The minimum atomic E-state index is -1.24. The fourth-order valence-corrected chi connectivity index (χ4v) is 3.76. The van der Waals surface area contributed by atoms with Crippen LogP contribution < -0.4 is 5.32 Å². The number of carbonyl (C=O) groups is 3. The standard InChI is InChI=1S/C21H21N3O4/c25-18-21(16-8-3-1-4-9-16,17-10-5-2-6-11-17)22-19(26)24(18)13-7-12-23-14-15-28-20(23)27/h1-6,8-11H,7,12-15H2,(H,22,26). The molecule has 4 amide bonds. The van der Waals surface area contributed by atoms with Gasteiger partial charge in [0.2, 0.25) is 0 Å². The summed E-state index contributed by atoms with van der Waals surface area (Å²) in [6.07, 6.45) is 0.147. The smallest absolute Gasteiger partial charge is 0.409 e. The summed E-state index contributed by atoms with van der Waals surface area (Å²) in [4.78, 5) is 40.6. The lowest BCUT2D eigenvalue weighted by atomic mass is 9.82. The highest BCUT2D eigenvalue weighted by Gasteiger charge is 2.53. The van der Waals surface area contributed by atoms with Gasteiger partial charge in [0.15, 0.2) is 5.54 Å². The maximum Gasteiger partial charge on any atom is 0.409 e. The van der Waals surface area contributed by atoms with Crippen molar-refractivity contribution in [2.24, 2.45) is 0 Å². The molecule has 0 unspecified atom stereocenters. The normalized spacial score (nSPS) is 18.4. The van der Waals surface area contributed by atoms with Gasteiger partial charge in [0.05, 0.1) is 6.54 Å². The third kappa shape index (κ3) is 2.98. The van der Waals surface area contributed by atoms with Gasteiger partial charge in [-0.25, -0.2) is 9.59 Å². The number of carbonyl (C=O) groups excluding carboxylic acids is 3. The lowest BCUT2D eigenvalue weighted by Crippen LogP contribution is -2.45. The number of hydrogen-bond donors (Lipinski definition) is 1. The van der Waals surface area contributed by atoms with Crippen molar-refractivity contribution in [2.75, 3.05) is 26.2 Å². The second-order valence-corrected chi connectivity index (χ2v) is 6.82. The van der Waals surface area contributed by atoms with E-state index in [4.69, 9.17) is 4.74 Å². The number of urea groups is 1. The SMILES string of the molecule is O=C1OCCN1CCCN1C(=O)NC(c2ccccc2)(c2ccccc2)C1=O. The average Bonchev–Trinajstić information content (AvgIpc) is 3.25. The number of ether oxygens (including phenoxy) is 1. The number of cyclic esters (lactones) is 1. The van der Waals surface area contributed by atoms with E-state index in [0.29, 0.717) is 37.2 Å². The van der Waals surface area contributed by atoms with Gasteiger partial charge in [-0.3, -0.25) is 9.69 Å². The van der Waals surface area contributed by atoms with E-state index in [1.807, 2.05) is 60.7 Å². The van der Waals surface area contributed by atoms with E-state index >= 15 is 0 Å². The largest absolute Gasteiger partial charge is 0.448 e. The summed E-state index contributed by atoms with van der Waals surface area (Å²) in [5.74, 6) is -0.307. The fraction of sp³-hybridized carbons (Fsp3) is 0.286. The van der Waals surface area contributed by atoms with Gasteiger partial charge in [0, 0.05) is 13.1 Å². The van der Waals surface area contributed by atoms with Crippen molar-refractivity contribution < 1.29 is 19.1 Å². The highest BCUT2D eigenvalue weighted by atomic mass is 16.6. The molecule has 2 aromatic carbocycles. The summed E-state index contributed by atoms with van der Waals surface area (Å²) in [5, 5.41) is 2.92. The molecule has 2 saturated heterocycles. The van der Waals surface area contributed by atoms with Crippen molar-refractivity contribution in [2.45, 2.75) is 12.0 Å². The van der Waals surface area contributed by atoms with Crippen LogP contribution in [0.1, 0.15) is 17.5 Å². The van der Waals surface area contributed by atoms with Crippen LogP contribution in [-0.4, -0.2) is 54.1 Å². The molecule has 144 valence electrons. The Balaban J connectivity index is 1.59. The molecule has 0 aromatic heterocycles. The minimum absolute atomic E-state index is 0.232. The highest BCUT2D eigenvalue weighted by Crippen LogP contribution is 2.35. The van der Waals surface area contributed by atoms with Gasteiger partial charge < -0.3 is 15.0 Å². The summed E-state index contributed by atoms with van der Waals surface area (Å²) in [6, 6.07) is 18.1. The Labute approximate surface area is 162 Å². The van der Waals surface area contributed by atoms with Gasteiger partial charge >= 0.3 is 12.1 Å². The molecule has 0 atom stereocenters. The van der Waals surface area contributed by atoms with Crippen molar-refractivity contribution >= 4 is 18.0 Å². The van der Waals surface area contributed by atoms with Crippen LogP contribution in [-0.2, 0) is 15.1 Å². The monoisotopic (exact) mass is 379 g/mol. The van der Waals surface area contributed by atoms with Gasteiger partial charge in [-0.05, 0) is 17.5 Å². The van der Waals surface area contributed by atoms with Crippen LogP contribution in [0.4, 0.5) is 9.59 Å². The molecular formula is C21H21N3O4. The molecule has 4 rings (SSSR count). The second-order valence-electron chi connectivity index (χ2n) is 6.82. The average molecular weight is 379 g/mol. The molecule has 2 heterocycles. The van der Waals surface area contributed by atoms with Gasteiger partial charge in [-0.2, -0.15) is 0 Å². The van der Waals surface area contributed by atoms with Crippen molar-refractivity contribution in [3.63, 3.8) is 0 Å². The molecule has 2 aromatic rings. The zero-order valence-electron chi connectivity index (χ0n) is 15.3. The van der Waals surface area contributed by atoms with Crippen LogP contribution in [0.3, 0.4) is 0 Å². The van der Waals surface area contributed by atoms with Crippen LogP contribution in [0.15, 0.2) is 60.7 Å². The summed E-state index contributed by atoms with van der Waals surface area (Å²) in [5.41, 5.74) is 0.182. The lowest BCUT2D eigenvalue weighted by Gasteiger charge is -2.28. The first kappa shape index (κ1) is 18.0. The Kier molecular flexibility index (Phi) is 4.73. The zero-order valence-corrected chi connectivity index (χ0v) is 15.3. The number of hydrogen-bond acceptors (Lipinski definition) is 4. The number of imide groups is 1. The number of nitrogens with zero attached hydrogens (tertiary/aromatic N) is 2. The maximum atomic E-state index is 13.5. The molecule has 0 aliphatic carbocycles. The maximum absolute atomic E-state index is 13.5. The molecule has 0 radical (unpaired) electrons. The molecule has 2 fully saturated rings. The molecule has 7 nitrogen and oxygen atoms in total. The van der Waals surface area contributed by atoms with Crippen LogP contribution in [0.2, 0.25) is 0 Å². The first-order chi connectivity index (χ1) is 13.6. The van der Waals surface area contributed by atoms with E-state index in [1.54, 1.807) is 4.90 Å². The van der Waals surface area contributed by atoms with Gasteiger partial charge in [0.25, 0.3) is 5.91 Å². The van der Waals surface area contributed by atoms with Gasteiger partial charge in [-0.15, -0.1) is 0 Å². The first-order valence-electron chi connectivity index (χ1n) is 9.30. The highest BCUT2D eigenvalue weighted by molar-refractivity contribution is 6.09. The minimum Gasteiger partial charge on any atom is -0.448 e. The van der Waals surface area contributed by atoms with Gasteiger partial charge in [0.1, 0.15) is 6.61 Å². The molecule has 0 saturated carbocycles. The predicted octanol–water partition coefficient (Wildman–Crippen LogP) is 2.32. The van der Waals surface area contributed by atoms with Crippen molar-refractivity contribution in [1.82, 2.24) is 15.1 Å². The summed E-state index contributed by atoms with van der Waals surface area (Å²) in [7, 11) is 0. The van der Waals surface area contributed by atoms with Crippen LogP contribution in [0, 0.1) is 0 Å². The Hall–Kier alpha value is -3.35. The molecule has 2 aliphatic rings. The van der Waals surface area contributed by atoms with E-state index in [9.17, 15) is 14.4 Å². The molecule has 28 heavy (non-hydrogen) atoms. The van der Waals surface area contributed by atoms with Crippen LogP contribution in [0.5, 0.6) is 0 Å². The van der Waals surface area contributed by atoms with E-state index < -0.39 is 11.6 Å². The Morgan fingerprint density at radius 1 is 0.893 bits per heavy atom. The summed E-state index contributed by atoms with van der Waals surface area (Å²) >= 11 is 0. The van der Waals surface area contributed by atoms with Crippen LogP contribution >= 0.6 is 0 Å². The predicted molar refractivity (Wildman–Crippen MR) is 101 cm³/mol. The van der Waals surface area contributed by atoms with E-state index in [1.165, 1.54) is 4.90 Å². The molecule has 0 spiro atoms. The van der Waals surface area contributed by atoms with E-state index in [0.717, 1.165) is 0 Å². The van der Waals surface area contributed by atoms with E-state index in [2.05, 4.69) is 5.32 Å². The molecule has 0 bridgehead atoms. The quantitative estimate of drug-likeness (QED) is 0.782. The molecular weight excluding hydrogens is 358 g/mol. The number of benzene rings is 2. The van der Waals surface area contributed by atoms with Crippen molar-refractivity contribution in [3.8, 4) is 0 Å². The van der Waals surface area contributed by atoms with Gasteiger partial charge in [-0.1, -0.05) is 60.7 Å². The van der Waals surface area contributed by atoms with Crippen LogP contribution in [0.25, 0.3) is 0 Å². The second kappa shape index (κ2) is 7.34. The third-order valence-corrected chi connectivity index (χ3v) is 5.17. The molecule has 1 N–H and O–H groups in total. The third-order valence-electron chi connectivity index (χ3n) is 5.17. The topological polar surface area (TPSA) is 79.0 Å². The Morgan fingerprint density at radius 2 is 1.50 bits per heavy atom. The summed E-state index contributed by atoms with van der Waals surface area (Å²) in [6.45, 7) is 1.60. The zero-order chi connectivity index (χ0) is 19.6. The van der Waals surface area contributed by atoms with E-state index in [-0.39, 0.29) is 18.5 Å². The fourth-order valence-electron chi connectivity index (χ4n) is 3.76.